The van der Waals surface area contributed by atoms with Gasteiger partial charge in [-0.15, -0.1) is 0 Å². The predicted octanol–water partition coefficient (Wildman–Crippen LogP) is 3.25. The van der Waals surface area contributed by atoms with Crippen LogP contribution >= 0.6 is 0 Å². The number of fused-ring (bicyclic) bond motifs is 1. The number of Topliss-reactive ketones (excluding diaryl/α,β-unsaturated/α-hetero) is 1. The Labute approximate surface area is 135 Å². The third kappa shape index (κ3) is 2.97. The number of carbonyl (C=O) groups excluding carboxylic acids is 2. The molecule has 0 radical (unpaired) electrons. The van der Waals surface area contributed by atoms with Crippen LogP contribution in [0.2, 0.25) is 0 Å². The maximum absolute atomic E-state index is 12.6. The van der Waals surface area contributed by atoms with Gasteiger partial charge in [0.1, 0.15) is 5.75 Å². The predicted molar refractivity (Wildman–Crippen MR) is 89.0 cm³/mol. The molecule has 0 spiro atoms. The van der Waals surface area contributed by atoms with Gasteiger partial charge in [0, 0.05) is 11.7 Å². The van der Waals surface area contributed by atoms with Gasteiger partial charge in [-0.25, -0.2) is 0 Å². The van der Waals surface area contributed by atoms with Crippen molar-refractivity contribution in [3.8, 4) is 5.75 Å². The standard InChI is InChI=1S/C19H19NO3/c1-13-11-15-7-3-5-9-17(15)20(13)19(22)12-23-18-10-6-4-8-16(18)14(2)21/h3-10,13H,11-12H2,1-2H3/t13-/m1/s1. The molecule has 3 rings (SSSR count). The molecule has 2 aromatic carbocycles. The van der Waals surface area contributed by atoms with Gasteiger partial charge in [-0.05, 0) is 44.0 Å². The lowest BCUT2D eigenvalue weighted by molar-refractivity contribution is -0.120. The van der Waals surface area contributed by atoms with Crippen LogP contribution in [0.5, 0.6) is 5.75 Å². The number of nitrogens with zero attached hydrogens (tertiary/aromatic N) is 1. The van der Waals surface area contributed by atoms with Crippen molar-refractivity contribution in [3.63, 3.8) is 0 Å². The van der Waals surface area contributed by atoms with Crippen LogP contribution in [-0.2, 0) is 11.2 Å². The van der Waals surface area contributed by atoms with Crippen molar-refractivity contribution in [2.75, 3.05) is 11.5 Å². The number of hydrogen-bond donors (Lipinski definition) is 0. The van der Waals surface area contributed by atoms with Crippen LogP contribution in [-0.4, -0.2) is 24.3 Å². The summed E-state index contributed by atoms with van der Waals surface area (Å²) in [5, 5.41) is 0. The fourth-order valence-corrected chi connectivity index (χ4v) is 3.04. The SMILES string of the molecule is CC(=O)c1ccccc1OCC(=O)N1c2ccccc2C[C@H]1C. The smallest absolute Gasteiger partial charge is 0.265 e. The number of hydrogen-bond acceptors (Lipinski definition) is 3. The quantitative estimate of drug-likeness (QED) is 0.815. The molecule has 0 saturated heterocycles. The highest BCUT2D eigenvalue weighted by Crippen LogP contribution is 2.32. The van der Waals surface area contributed by atoms with E-state index in [2.05, 4.69) is 0 Å². The number of para-hydroxylation sites is 2. The zero-order chi connectivity index (χ0) is 16.4. The van der Waals surface area contributed by atoms with E-state index in [1.165, 1.54) is 12.5 Å². The molecule has 0 unspecified atom stereocenters. The molecular weight excluding hydrogens is 290 g/mol. The largest absolute Gasteiger partial charge is 0.483 e. The van der Waals surface area contributed by atoms with Crippen LogP contribution in [0.15, 0.2) is 48.5 Å². The van der Waals surface area contributed by atoms with E-state index in [1.807, 2.05) is 31.2 Å². The Kier molecular flexibility index (Phi) is 4.15. The molecule has 0 N–H and O–H groups in total. The lowest BCUT2D eigenvalue weighted by Crippen LogP contribution is -2.39. The summed E-state index contributed by atoms with van der Waals surface area (Å²) in [5.74, 6) is 0.280. The summed E-state index contributed by atoms with van der Waals surface area (Å²) < 4.78 is 5.62. The van der Waals surface area contributed by atoms with Crippen molar-refractivity contribution in [1.82, 2.24) is 0 Å². The Morgan fingerprint density at radius 1 is 1.13 bits per heavy atom. The van der Waals surface area contributed by atoms with Crippen molar-refractivity contribution < 1.29 is 14.3 Å². The molecule has 1 aliphatic rings. The molecular formula is C19H19NO3. The topological polar surface area (TPSA) is 46.6 Å². The summed E-state index contributed by atoms with van der Waals surface area (Å²) in [6, 6.07) is 15.0. The van der Waals surface area contributed by atoms with Crippen LogP contribution in [0.25, 0.3) is 0 Å². The number of ketones is 1. The van der Waals surface area contributed by atoms with E-state index in [1.54, 1.807) is 29.2 Å². The zero-order valence-corrected chi connectivity index (χ0v) is 13.3. The summed E-state index contributed by atoms with van der Waals surface area (Å²) in [5.41, 5.74) is 2.63. The van der Waals surface area contributed by atoms with Crippen LogP contribution in [0.3, 0.4) is 0 Å². The zero-order valence-electron chi connectivity index (χ0n) is 13.3. The Balaban J connectivity index is 1.75. The molecule has 1 aliphatic heterocycles. The maximum atomic E-state index is 12.6. The summed E-state index contributed by atoms with van der Waals surface area (Å²) in [7, 11) is 0. The lowest BCUT2D eigenvalue weighted by atomic mass is 10.1. The van der Waals surface area contributed by atoms with Gasteiger partial charge in [-0.2, -0.15) is 0 Å². The molecule has 0 aromatic heterocycles. The fraction of sp³-hybridized carbons (Fsp3) is 0.263. The van der Waals surface area contributed by atoms with E-state index in [0.717, 1.165) is 12.1 Å². The molecule has 0 fully saturated rings. The van der Waals surface area contributed by atoms with E-state index in [0.29, 0.717) is 11.3 Å². The minimum atomic E-state index is -0.0965. The summed E-state index contributed by atoms with van der Waals surface area (Å²) in [6.45, 7) is 3.44. The van der Waals surface area contributed by atoms with Crippen LogP contribution < -0.4 is 9.64 Å². The molecule has 1 heterocycles. The maximum Gasteiger partial charge on any atom is 0.265 e. The molecule has 1 atom stereocenters. The molecule has 1 amide bonds. The van der Waals surface area contributed by atoms with Crippen molar-refractivity contribution in [3.05, 3.63) is 59.7 Å². The van der Waals surface area contributed by atoms with E-state index in [4.69, 9.17) is 4.74 Å². The average molecular weight is 309 g/mol. The van der Waals surface area contributed by atoms with Crippen LogP contribution in [0, 0.1) is 0 Å². The van der Waals surface area contributed by atoms with Gasteiger partial charge in [0.15, 0.2) is 12.4 Å². The van der Waals surface area contributed by atoms with Gasteiger partial charge in [0.05, 0.1) is 5.56 Å². The van der Waals surface area contributed by atoms with Gasteiger partial charge in [-0.3, -0.25) is 9.59 Å². The second kappa shape index (κ2) is 6.24. The Bertz CT molecular complexity index is 754. The van der Waals surface area contributed by atoms with Crippen LogP contribution in [0.1, 0.15) is 29.8 Å². The Morgan fingerprint density at radius 3 is 2.61 bits per heavy atom. The first-order valence-electron chi connectivity index (χ1n) is 7.70. The second-order valence-corrected chi connectivity index (χ2v) is 5.79. The first-order valence-corrected chi connectivity index (χ1v) is 7.70. The number of amides is 1. The monoisotopic (exact) mass is 309 g/mol. The van der Waals surface area contributed by atoms with Crippen molar-refractivity contribution in [1.29, 1.82) is 0 Å². The highest BCUT2D eigenvalue weighted by Gasteiger charge is 2.30. The van der Waals surface area contributed by atoms with Crippen molar-refractivity contribution in [2.24, 2.45) is 0 Å². The van der Waals surface area contributed by atoms with Gasteiger partial charge >= 0.3 is 0 Å². The minimum absolute atomic E-state index is 0.0760. The second-order valence-electron chi connectivity index (χ2n) is 5.79. The van der Waals surface area contributed by atoms with E-state index >= 15 is 0 Å². The minimum Gasteiger partial charge on any atom is -0.483 e. The van der Waals surface area contributed by atoms with Crippen molar-refractivity contribution in [2.45, 2.75) is 26.3 Å². The normalized spacial score (nSPS) is 16.1. The number of anilines is 1. The van der Waals surface area contributed by atoms with E-state index in [-0.39, 0.29) is 24.3 Å². The van der Waals surface area contributed by atoms with Gasteiger partial charge in [0.25, 0.3) is 5.91 Å². The number of benzene rings is 2. The molecule has 0 aliphatic carbocycles. The molecule has 2 aromatic rings. The third-order valence-electron chi connectivity index (χ3n) is 4.09. The molecule has 23 heavy (non-hydrogen) atoms. The number of carbonyl (C=O) groups is 2. The van der Waals surface area contributed by atoms with Crippen molar-refractivity contribution >= 4 is 17.4 Å². The average Bonchev–Trinajstić information content (AvgIpc) is 2.88. The first-order chi connectivity index (χ1) is 11.1. The third-order valence-corrected chi connectivity index (χ3v) is 4.09. The summed E-state index contributed by atoms with van der Waals surface area (Å²) >= 11 is 0. The first kappa shape index (κ1) is 15.3. The van der Waals surface area contributed by atoms with Crippen LogP contribution in [0.4, 0.5) is 5.69 Å². The molecule has 0 saturated carbocycles. The van der Waals surface area contributed by atoms with E-state index in [9.17, 15) is 9.59 Å². The van der Waals surface area contributed by atoms with Gasteiger partial charge in [0.2, 0.25) is 0 Å². The van der Waals surface area contributed by atoms with Gasteiger partial charge in [-0.1, -0.05) is 30.3 Å². The molecule has 4 nitrogen and oxygen atoms in total. The fourth-order valence-electron chi connectivity index (χ4n) is 3.04. The highest BCUT2D eigenvalue weighted by molar-refractivity contribution is 5.98. The molecule has 0 bridgehead atoms. The number of ether oxygens (including phenoxy) is 1. The van der Waals surface area contributed by atoms with E-state index < -0.39 is 0 Å². The lowest BCUT2D eigenvalue weighted by Gasteiger charge is -2.23. The summed E-state index contributed by atoms with van der Waals surface area (Å²) in [4.78, 5) is 26.0. The molecule has 4 heteroatoms. The number of rotatable bonds is 4. The van der Waals surface area contributed by atoms with Gasteiger partial charge < -0.3 is 9.64 Å². The molecule has 118 valence electrons. The highest BCUT2D eigenvalue weighted by atomic mass is 16.5. The Morgan fingerprint density at radius 2 is 1.83 bits per heavy atom. The summed E-state index contributed by atoms with van der Waals surface area (Å²) in [6.07, 6.45) is 0.853. The Hall–Kier alpha value is -2.62.